The van der Waals surface area contributed by atoms with E-state index in [0.29, 0.717) is 0 Å². The molecule has 2 aromatic rings. The molecule has 0 aliphatic heterocycles. The third kappa shape index (κ3) is 2.65. The molecule has 2 N–H and O–H groups in total. The molecular weight excluding hydrogens is 260 g/mol. The fourth-order valence-electron chi connectivity index (χ4n) is 2.29. The second kappa shape index (κ2) is 6.01. The van der Waals surface area contributed by atoms with Crippen LogP contribution in [0.1, 0.15) is 29.7 Å². The predicted octanol–water partition coefficient (Wildman–Crippen LogP) is 3.58. The molecule has 2 aromatic carbocycles. The second-order valence-electron chi connectivity index (χ2n) is 4.53. The van der Waals surface area contributed by atoms with Crippen molar-refractivity contribution in [2.45, 2.75) is 19.4 Å². The summed E-state index contributed by atoms with van der Waals surface area (Å²) < 4.78 is 33.0. The molecule has 0 saturated carbocycles. The summed E-state index contributed by atoms with van der Waals surface area (Å²) in [7, 11) is 1.36. The van der Waals surface area contributed by atoms with E-state index in [2.05, 4.69) is 0 Å². The monoisotopic (exact) mass is 277 g/mol. The minimum Gasteiger partial charge on any atom is -0.497 e. The maximum Gasteiger partial charge on any atom is 0.134 e. The van der Waals surface area contributed by atoms with Gasteiger partial charge in [0, 0.05) is 17.7 Å². The van der Waals surface area contributed by atoms with Gasteiger partial charge in [-0.15, -0.1) is 0 Å². The molecule has 0 saturated heterocycles. The van der Waals surface area contributed by atoms with E-state index in [0.717, 1.165) is 29.7 Å². The average Bonchev–Trinajstić information content (AvgIpc) is 2.46. The van der Waals surface area contributed by atoms with Crippen LogP contribution in [0.15, 0.2) is 36.4 Å². The fraction of sp³-hybridized carbons (Fsp3) is 0.250. The van der Waals surface area contributed by atoms with E-state index >= 15 is 0 Å². The predicted molar refractivity (Wildman–Crippen MR) is 74.8 cm³/mol. The summed E-state index contributed by atoms with van der Waals surface area (Å²) in [6.45, 7) is 1.98. The molecular formula is C16H17F2NO. The third-order valence-corrected chi connectivity index (χ3v) is 3.37. The first-order chi connectivity index (χ1) is 9.58. The summed E-state index contributed by atoms with van der Waals surface area (Å²) in [5.74, 6) is -1.25. The molecule has 0 bridgehead atoms. The van der Waals surface area contributed by atoms with Gasteiger partial charge in [0.2, 0.25) is 0 Å². The Hall–Kier alpha value is -1.94. The van der Waals surface area contributed by atoms with Gasteiger partial charge < -0.3 is 10.5 Å². The highest BCUT2D eigenvalue weighted by Crippen LogP contribution is 2.30. The molecule has 20 heavy (non-hydrogen) atoms. The zero-order chi connectivity index (χ0) is 14.7. The van der Waals surface area contributed by atoms with Gasteiger partial charge in [-0.25, -0.2) is 8.78 Å². The molecule has 1 atom stereocenters. The molecule has 4 heteroatoms. The maximum atomic E-state index is 14.1. The molecule has 1 unspecified atom stereocenters. The van der Waals surface area contributed by atoms with E-state index in [4.69, 9.17) is 10.5 Å². The van der Waals surface area contributed by atoms with Crippen molar-refractivity contribution in [2.24, 2.45) is 5.73 Å². The second-order valence-corrected chi connectivity index (χ2v) is 4.53. The molecule has 0 spiro atoms. The van der Waals surface area contributed by atoms with Crippen LogP contribution in [0.25, 0.3) is 0 Å². The van der Waals surface area contributed by atoms with Crippen LogP contribution in [0.2, 0.25) is 0 Å². The average molecular weight is 277 g/mol. The first-order valence-corrected chi connectivity index (χ1v) is 6.44. The summed E-state index contributed by atoms with van der Waals surface area (Å²) in [5.41, 5.74) is 7.65. The van der Waals surface area contributed by atoms with Crippen molar-refractivity contribution in [1.29, 1.82) is 0 Å². The van der Waals surface area contributed by atoms with Gasteiger partial charge in [-0.3, -0.25) is 0 Å². The number of hydrogen-bond acceptors (Lipinski definition) is 2. The molecule has 0 amide bonds. The number of aryl methyl sites for hydroxylation is 1. The summed E-state index contributed by atoms with van der Waals surface area (Å²) in [6, 6.07) is 8.86. The zero-order valence-electron chi connectivity index (χ0n) is 11.5. The SMILES string of the molecule is CCc1ccccc1C(N)c1c(F)cc(OC)cc1F. The Morgan fingerprint density at radius 2 is 1.75 bits per heavy atom. The van der Waals surface area contributed by atoms with Crippen molar-refractivity contribution >= 4 is 0 Å². The van der Waals surface area contributed by atoms with Gasteiger partial charge in [0.25, 0.3) is 0 Å². The number of hydrogen-bond donors (Lipinski definition) is 1. The minimum atomic E-state index is -0.836. The molecule has 0 fully saturated rings. The number of halogens is 2. The van der Waals surface area contributed by atoms with Crippen molar-refractivity contribution in [3.63, 3.8) is 0 Å². The van der Waals surface area contributed by atoms with E-state index in [-0.39, 0.29) is 11.3 Å². The Morgan fingerprint density at radius 3 is 2.30 bits per heavy atom. The van der Waals surface area contributed by atoms with Crippen LogP contribution < -0.4 is 10.5 Å². The van der Waals surface area contributed by atoms with E-state index in [9.17, 15) is 8.78 Å². The molecule has 2 rings (SSSR count). The van der Waals surface area contributed by atoms with Crippen molar-refractivity contribution in [2.75, 3.05) is 7.11 Å². The van der Waals surface area contributed by atoms with Crippen LogP contribution in [0.5, 0.6) is 5.75 Å². The first kappa shape index (κ1) is 14.5. The summed E-state index contributed by atoms with van der Waals surface area (Å²) in [5, 5.41) is 0. The van der Waals surface area contributed by atoms with E-state index in [1.807, 2.05) is 25.1 Å². The van der Waals surface area contributed by atoms with Crippen molar-refractivity contribution in [1.82, 2.24) is 0 Å². The maximum absolute atomic E-state index is 14.1. The molecule has 0 aromatic heterocycles. The quantitative estimate of drug-likeness (QED) is 0.927. The Morgan fingerprint density at radius 1 is 1.15 bits per heavy atom. The molecule has 0 radical (unpaired) electrons. The van der Waals surface area contributed by atoms with Crippen LogP contribution in [0, 0.1) is 11.6 Å². The summed E-state index contributed by atoms with van der Waals surface area (Å²) in [4.78, 5) is 0. The Balaban J connectivity index is 2.51. The smallest absolute Gasteiger partial charge is 0.134 e. The Labute approximate surface area is 117 Å². The van der Waals surface area contributed by atoms with Crippen molar-refractivity contribution < 1.29 is 13.5 Å². The normalized spacial score (nSPS) is 12.2. The third-order valence-electron chi connectivity index (χ3n) is 3.37. The number of methoxy groups -OCH3 is 1. The number of rotatable bonds is 4. The Bertz CT molecular complexity index is 590. The molecule has 0 aliphatic carbocycles. The number of benzene rings is 2. The topological polar surface area (TPSA) is 35.2 Å². The largest absolute Gasteiger partial charge is 0.497 e. The van der Waals surface area contributed by atoms with Crippen molar-refractivity contribution in [3.05, 3.63) is 64.7 Å². The highest BCUT2D eigenvalue weighted by atomic mass is 19.1. The van der Waals surface area contributed by atoms with Gasteiger partial charge in [-0.2, -0.15) is 0 Å². The lowest BCUT2D eigenvalue weighted by Gasteiger charge is -2.18. The van der Waals surface area contributed by atoms with E-state index < -0.39 is 17.7 Å². The molecule has 0 aliphatic rings. The lowest BCUT2D eigenvalue weighted by Crippen LogP contribution is -2.17. The lowest BCUT2D eigenvalue weighted by atomic mass is 9.93. The zero-order valence-corrected chi connectivity index (χ0v) is 11.5. The number of ether oxygens (including phenoxy) is 1. The fourth-order valence-corrected chi connectivity index (χ4v) is 2.29. The van der Waals surface area contributed by atoms with Crippen molar-refractivity contribution in [3.8, 4) is 5.75 Å². The lowest BCUT2D eigenvalue weighted by molar-refractivity contribution is 0.404. The number of nitrogens with two attached hydrogens (primary N) is 1. The van der Waals surface area contributed by atoms with Crippen LogP contribution in [0.4, 0.5) is 8.78 Å². The molecule has 2 nitrogen and oxygen atoms in total. The van der Waals surface area contributed by atoms with E-state index in [1.165, 1.54) is 7.11 Å². The highest BCUT2D eigenvalue weighted by molar-refractivity contribution is 5.40. The standard InChI is InChI=1S/C16H17F2NO/c1-3-10-6-4-5-7-12(10)16(19)15-13(17)8-11(20-2)9-14(15)18/h4-9,16H,3,19H2,1-2H3. The van der Waals surface area contributed by atoms with Crippen LogP contribution in [-0.4, -0.2) is 7.11 Å². The minimum absolute atomic E-state index is 0.133. The highest BCUT2D eigenvalue weighted by Gasteiger charge is 2.21. The van der Waals surface area contributed by atoms with Crippen LogP contribution >= 0.6 is 0 Å². The first-order valence-electron chi connectivity index (χ1n) is 6.44. The summed E-state index contributed by atoms with van der Waals surface area (Å²) >= 11 is 0. The molecule has 106 valence electrons. The van der Waals surface area contributed by atoms with Gasteiger partial charge in [0.1, 0.15) is 17.4 Å². The van der Waals surface area contributed by atoms with Crippen LogP contribution in [0.3, 0.4) is 0 Å². The van der Waals surface area contributed by atoms with Gasteiger partial charge in [0.15, 0.2) is 0 Å². The molecule has 0 heterocycles. The van der Waals surface area contributed by atoms with Gasteiger partial charge in [-0.05, 0) is 17.5 Å². The van der Waals surface area contributed by atoms with Crippen LogP contribution in [-0.2, 0) is 6.42 Å². The van der Waals surface area contributed by atoms with Gasteiger partial charge >= 0.3 is 0 Å². The summed E-state index contributed by atoms with van der Waals surface area (Å²) in [6.07, 6.45) is 0.753. The van der Waals surface area contributed by atoms with E-state index in [1.54, 1.807) is 6.07 Å². The Kier molecular flexibility index (Phi) is 4.35. The van der Waals surface area contributed by atoms with Gasteiger partial charge in [0.05, 0.1) is 13.2 Å². The van der Waals surface area contributed by atoms with Gasteiger partial charge in [-0.1, -0.05) is 31.2 Å².